The highest BCUT2D eigenvalue weighted by Gasteiger charge is 2.26. The molecule has 1 heterocycles. The highest BCUT2D eigenvalue weighted by molar-refractivity contribution is 6.06. The van der Waals surface area contributed by atoms with Crippen molar-refractivity contribution in [2.24, 2.45) is 5.92 Å². The molecule has 20 heavy (non-hydrogen) atoms. The van der Waals surface area contributed by atoms with E-state index in [4.69, 9.17) is 0 Å². The van der Waals surface area contributed by atoms with Gasteiger partial charge in [-0.2, -0.15) is 0 Å². The van der Waals surface area contributed by atoms with Crippen LogP contribution in [0.3, 0.4) is 0 Å². The zero-order chi connectivity index (χ0) is 14.3. The third-order valence-electron chi connectivity index (χ3n) is 3.71. The van der Waals surface area contributed by atoms with Crippen LogP contribution < -0.4 is 0 Å². The highest BCUT2D eigenvalue weighted by Crippen LogP contribution is 2.30. The topological polar surface area (TPSA) is 33.2 Å². The summed E-state index contributed by atoms with van der Waals surface area (Å²) in [6, 6.07) is 6.16. The number of fused-ring (bicyclic) bond motifs is 1. The number of carbonyl (C=O) groups excluding carboxylic acids is 1. The summed E-state index contributed by atoms with van der Waals surface area (Å²) in [4.78, 5) is 18.6. The van der Waals surface area contributed by atoms with Gasteiger partial charge in [-0.3, -0.25) is 9.78 Å². The zero-order valence-electron chi connectivity index (χ0n) is 11.7. The molecule has 1 aromatic carbocycles. The molecule has 0 bridgehead atoms. The molecule has 4 heteroatoms. The van der Waals surface area contributed by atoms with Crippen molar-refractivity contribution in [3.05, 3.63) is 41.3 Å². The van der Waals surface area contributed by atoms with Gasteiger partial charge in [-0.15, -0.1) is 0 Å². The average molecular weight is 272 g/mol. The zero-order valence-corrected chi connectivity index (χ0v) is 11.7. The first-order valence-corrected chi connectivity index (χ1v) is 6.87. The first-order valence-electron chi connectivity index (χ1n) is 6.87. The fourth-order valence-electron chi connectivity index (χ4n) is 2.49. The maximum absolute atomic E-state index is 13.3. The Balaban J connectivity index is 2.02. The van der Waals surface area contributed by atoms with Gasteiger partial charge < -0.3 is 4.90 Å². The van der Waals surface area contributed by atoms with Crippen molar-refractivity contribution in [1.82, 2.24) is 9.88 Å². The number of hydrogen-bond acceptors (Lipinski definition) is 2. The van der Waals surface area contributed by atoms with Crippen LogP contribution >= 0.6 is 0 Å². The van der Waals surface area contributed by atoms with Gasteiger partial charge in [-0.05, 0) is 43.9 Å². The number of aryl methyl sites for hydroxylation is 1. The predicted octanol–water partition coefficient (Wildman–Crippen LogP) is 3.16. The lowest BCUT2D eigenvalue weighted by molar-refractivity contribution is 0.0790. The summed E-state index contributed by atoms with van der Waals surface area (Å²) in [6.07, 6.45) is 2.41. The van der Waals surface area contributed by atoms with Crippen molar-refractivity contribution in [2.75, 3.05) is 13.6 Å². The van der Waals surface area contributed by atoms with Crippen LogP contribution in [0.25, 0.3) is 10.9 Å². The number of amides is 1. The number of nitrogens with zero attached hydrogens (tertiary/aromatic N) is 2. The SMILES string of the molecule is Cc1cc(C(=O)N(C)CC2CC2)c2ccc(F)cc2n1. The van der Waals surface area contributed by atoms with Crippen LogP contribution in [0.4, 0.5) is 4.39 Å². The van der Waals surface area contributed by atoms with Crippen molar-refractivity contribution in [3.63, 3.8) is 0 Å². The molecular weight excluding hydrogens is 255 g/mol. The largest absolute Gasteiger partial charge is 0.341 e. The van der Waals surface area contributed by atoms with Crippen molar-refractivity contribution < 1.29 is 9.18 Å². The Hall–Kier alpha value is -1.97. The minimum atomic E-state index is -0.333. The number of carbonyl (C=O) groups is 1. The molecule has 1 aromatic heterocycles. The Morgan fingerprint density at radius 2 is 2.15 bits per heavy atom. The lowest BCUT2D eigenvalue weighted by Gasteiger charge is -2.18. The fraction of sp³-hybridized carbons (Fsp3) is 0.375. The van der Waals surface area contributed by atoms with Gasteiger partial charge in [0.1, 0.15) is 5.82 Å². The minimum Gasteiger partial charge on any atom is -0.341 e. The van der Waals surface area contributed by atoms with Gasteiger partial charge in [0, 0.05) is 30.7 Å². The molecule has 1 amide bonds. The molecule has 0 unspecified atom stereocenters. The van der Waals surface area contributed by atoms with E-state index in [2.05, 4.69) is 4.98 Å². The van der Waals surface area contributed by atoms with Crippen LogP contribution in [-0.4, -0.2) is 29.4 Å². The molecule has 0 aliphatic heterocycles. The smallest absolute Gasteiger partial charge is 0.254 e. The van der Waals surface area contributed by atoms with E-state index in [1.165, 1.54) is 25.0 Å². The van der Waals surface area contributed by atoms with E-state index in [0.717, 1.165) is 12.2 Å². The van der Waals surface area contributed by atoms with Crippen LogP contribution in [0.15, 0.2) is 24.3 Å². The van der Waals surface area contributed by atoms with Gasteiger partial charge >= 0.3 is 0 Å². The first kappa shape index (κ1) is 13.0. The summed E-state index contributed by atoms with van der Waals surface area (Å²) in [5.74, 6) is 0.301. The summed E-state index contributed by atoms with van der Waals surface area (Å²) in [5, 5.41) is 0.713. The maximum Gasteiger partial charge on any atom is 0.254 e. The maximum atomic E-state index is 13.3. The Labute approximate surface area is 117 Å². The second kappa shape index (κ2) is 4.85. The van der Waals surface area contributed by atoms with E-state index < -0.39 is 0 Å². The molecule has 0 atom stereocenters. The van der Waals surface area contributed by atoms with Gasteiger partial charge in [-0.1, -0.05) is 0 Å². The van der Waals surface area contributed by atoms with Gasteiger partial charge in [0.15, 0.2) is 0 Å². The molecule has 0 saturated heterocycles. The summed E-state index contributed by atoms with van der Waals surface area (Å²) in [7, 11) is 1.83. The molecule has 1 saturated carbocycles. The Morgan fingerprint density at radius 3 is 2.85 bits per heavy atom. The molecule has 1 aliphatic rings. The van der Waals surface area contributed by atoms with Crippen molar-refractivity contribution in [3.8, 4) is 0 Å². The third-order valence-corrected chi connectivity index (χ3v) is 3.71. The van der Waals surface area contributed by atoms with Gasteiger partial charge in [0.05, 0.1) is 11.1 Å². The highest BCUT2D eigenvalue weighted by atomic mass is 19.1. The normalized spacial score (nSPS) is 14.6. The fourth-order valence-corrected chi connectivity index (χ4v) is 2.49. The first-order chi connectivity index (χ1) is 9.54. The van der Waals surface area contributed by atoms with E-state index in [1.807, 2.05) is 14.0 Å². The average Bonchev–Trinajstić information content (AvgIpc) is 3.20. The number of hydrogen-bond donors (Lipinski definition) is 0. The lowest BCUT2D eigenvalue weighted by atomic mass is 10.1. The van der Waals surface area contributed by atoms with E-state index in [1.54, 1.807) is 17.0 Å². The van der Waals surface area contributed by atoms with Crippen molar-refractivity contribution in [2.45, 2.75) is 19.8 Å². The Morgan fingerprint density at radius 1 is 1.40 bits per heavy atom. The molecule has 2 aromatic rings. The molecule has 0 spiro atoms. The quantitative estimate of drug-likeness (QED) is 0.860. The van der Waals surface area contributed by atoms with Gasteiger partial charge in [-0.25, -0.2) is 4.39 Å². The number of halogens is 1. The van der Waals surface area contributed by atoms with Gasteiger partial charge in [0.25, 0.3) is 5.91 Å². The monoisotopic (exact) mass is 272 g/mol. The number of benzene rings is 1. The standard InChI is InChI=1S/C16H17FN2O/c1-10-7-14(16(20)19(2)9-11-3-4-11)13-6-5-12(17)8-15(13)18-10/h5-8,11H,3-4,9H2,1-2H3. The van der Waals surface area contributed by atoms with Crippen molar-refractivity contribution in [1.29, 1.82) is 0 Å². The third kappa shape index (κ3) is 2.50. The minimum absolute atomic E-state index is 0.0148. The molecule has 3 nitrogen and oxygen atoms in total. The number of rotatable bonds is 3. The summed E-state index contributed by atoms with van der Waals surface area (Å²) >= 11 is 0. The van der Waals surface area contributed by atoms with Crippen LogP contribution in [0.1, 0.15) is 28.9 Å². The van der Waals surface area contributed by atoms with Crippen LogP contribution in [0.2, 0.25) is 0 Å². The second-order valence-electron chi connectivity index (χ2n) is 5.60. The molecule has 0 radical (unpaired) electrons. The molecule has 3 rings (SSSR count). The number of aromatic nitrogens is 1. The molecule has 0 N–H and O–H groups in total. The van der Waals surface area contributed by atoms with E-state index in [-0.39, 0.29) is 11.7 Å². The summed E-state index contributed by atoms with van der Waals surface area (Å²) in [6.45, 7) is 2.62. The van der Waals surface area contributed by atoms with E-state index in [9.17, 15) is 9.18 Å². The Bertz CT molecular complexity index is 674. The molecule has 104 valence electrons. The lowest BCUT2D eigenvalue weighted by Crippen LogP contribution is -2.29. The number of pyridine rings is 1. The predicted molar refractivity (Wildman–Crippen MR) is 76.1 cm³/mol. The van der Waals surface area contributed by atoms with Crippen LogP contribution in [0, 0.1) is 18.7 Å². The molecular formula is C16H17FN2O. The summed E-state index contributed by atoms with van der Waals surface area (Å²) < 4.78 is 13.3. The Kier molecular flexibility index (Phi) is 3.16. The van der Waals surface area contributed by atoms with Crippen LogP contribution in [0.5, 0.6) is 0 Å². The van der Waals surface area contributed by atoms with E-state index in [0.29, 0.717) is 22.4 Å². The molecule has 1 fully saturated rings. The van der Waals surface area contributed by atoms with E-state index >= 15 is 0 Å². The second-order valence-corrected chi connectivity index (χ2v) is 5.60. The van der Waals surface area contributed by atoms with Crippen LogP contribution in [-0.2, 0) is 0 Å². The summed E-state index contributed by atoms with van der Waals surface area (Å²) in [5.41, 5.74) is 1.87. The van der Waals surface area contributed by atoms with Crippen molar-refractivity contribution >= 4 is 16.8 Å². The molecule has 1 aliphatic carbocycles. The van der Waals surface area contributed by atoms with Gasteiger partial charge in [0.2, 0.25) is 0 Å².